The van der Waals surface area contributed by atoms with Gasteiger partial charge in [-0.2, -0.15) is 0 Å². The molecule has 0 radical (unpaired) electrons. The zero-order chi connectivity index (χ0) is 11.8. The number of anilines is 1. The molecular formula is C14H12N2O. The van der Waals surface area contributed by atoms with E-state index in [2.05, 4.69) is 4.99 Å². The molecule has 0 amide bonds. The number of benzene rings is 2. The summed E-state index contributed by atoms with van der Waals surface area (Å²) in [5, 5.41) is 9.80. The molecule has 3 nitrogen and oxygen atoms in total. The van der Waals surface area contributed by atoms with Gasteiger partial charge in [0.25, 0.3) is 0 Å². The summed E-state index contributed by atoms with van der Waals surface area (Å²) in [4.78, 5) is 4.52. The highest BCUT2D eigenvalue weighted by atomic mass is 16.3. The number of hydrogen-bond acceptors (Lipinski definition) is 3. The van der Waals surface area contributed by atoms with Crippen LogP contribution in [0.15, 0.2) is 47.5 Å². The summed E-state index contributed by atoms with van der Waals surface area (Å²) in [5.41, 5.74) is 10.2. The Morgan fingerprint density at radius 2 is 1.94 bits per heavy atom. The smallest absolute Gasteiger partial charge is 0.124 e. The molecule has 17 heavy (non-hydrogen) atoms. The lowest BCUT2D eigenvalue weighted by Gasteiger charge is -2.02. The van der Waals surface area contributed by atoms with Crippen LogP contribution in [0.2, 0.25) is 0 Å². The Morgan fingerprint density at radius 1 is 1.12 bits per heavy atom. The van der Waals surface area contributed by atoms with Gasteiger partial charge in [-0.3, -0.25) is 4.99 Å². The summed E-state index contributed by atoms with van der Waals surface area (Å²) < 4.78 is 0. The van der Waals surface area contributed by atoms with Crippen LogP contribution in [0.3, 0.4) is 0 Å². The minimum atomic E-state index is 0.270. The molecule has 3 rings (SSSR count). The Bertz CT molecular complexity index is 617. The van der Waals surface area contributed by atoms with E-state index in [1.807, 2.05) is 30.3 Å². The molecule has 2 aromatic rings. The standard InChI is InChI=1S/C14H12N2O/c15-10-5-6-12-9(7-10)8-13(16-12)11-3-1-2-4-14(11)17/h1-7,17H,8,15H2. The highest BCUT2D eigenvalue weighted by Gasteiger charge is 2.17. The molecule has 0 aromatic heterocycles. The second-order valence-electron chi connectivity index (χ2n) is 4.14. The second-order valence-corrected chi connectivity index (χ2v) is 4.14. The maximum absolute atomic E-state index is 9.80. The van der Waals surface area contributed by atoms with Crippen molar-refractivity contribution in [3.8, 4) is 5.75 Å². The molecule has 0 aliphatic carbocycles. The average molecular weight is 224 g/mol. The predicted octanol–water partition coefficient (Wildman–Crippen LogP) is 2.65. The third-order valence-corrected chi connectivity index (χ3v) is 2.93. The molecule has 1 aliphatic rings. The van der Waals surface area contributed by atoms with Crippen LogP contribution in [0.4, 0.5) is 11.4 Å². The van der Waals surface area contributed by atoms with E-state index in [9.17, 15) is 5.11 Å². The van der Waals surface area contributed by atoms with Gasteiger partial charge in [0.2, 0.25) is 0 Å². The Labute approximate surface area is 99.2 Å². The van der Waals surface area contributed by atoms with E-state index in [0.29, 0.717) is 0 Å². The number of nitrogen functional groups attached to an aromatic ring is 1. The normalized spacial score (nSPS) is 13.3. The number of hydrogen-bond donors (Lipinski definition) is 2. The second kappa shape index (κ2) is 3.63. The van der Waals surface area contributed by atoms with Gasteiger partial charge in [0.15, 0.2) is 0 Å². The predicted molar refractivity (Wildman–Crippen MR) is 68.9 cm³/mol. The van der Waals surface area contributed by atoms with E-state index < -0.39 is 0 Å². The number of phenolic OH excluding ortho intramolecular Hbond substituents is 1. The first-order valence-corrected chi connectivity index (χ1v) is 5.48. The van der Waals surface area contributed by atoms with Crippen LogP contribution in [-0.2, 0) is 6.42 Å². The van der Waals surface area contributed by atoms with Gasteiger partial charge in [-0.15, -0.1) is 0 Å². The first-order chi connectivity index (χ1) is 8.24. The number of aromatic hydroxyl groups is 1. The molecule has 0 fully saturated rings. The zero-order valence-corrected chi connectivity index (χ0v) is 9.22. The quantitative estimate of drug-likeness (QED) is 0.731. The van der Waals surface area contributed by atoms with Gasteiger partial charge >= 0.3 is 0 Å². The number of nitrogens with two attached hydrogens (primary N) is 1. The summed E-state index contributed by atoms with van der Waals surface area (Å²) in [5.74, 6) is 0.270. The van der Waals surface area contributed by atoms with Crippen LogP contribution >= 0.6 is 0 Å². The molecule has 0 saturated carbocycles. The van der Waals surface area contributed by atoms with Crippen molar-refractivity contribution in [2.75, 3.05) is 5.73 Å². The van der Waals surface area contributed by atoms with Crippen LogP contribution in [0.5, 0.6) is 5.75 Å². The number of nitrogens with zero attached hydrogens (tertiary/aromatic N) is 1. The van der Waals surface area contributed by atoms with Gasteiger partial charge in [-0.05, 0) is 35.9 Å². The van der Waals surface area contributed by atoms with E-state index in [1.165, 1.54) is 0 Å². The summed E-state index contributed by atoms with van der Waals surface area (Å²) in [6, 6.07) is 13.0. The highest BCUT2D eigenvalue weighted by molar-refractivity contribution is 6.08. The summed E-state index contributed by atoms with van der Waals surface area (Å²) in [6.45, 7) is 0. The van der Waals surface area contributed by atoms with E-state index >= 15 is 0 Å². The maximum atomic E-state index is 9.80. The zero-order valence-electron chi connectivity index (χ0n) is 9.22. The van der Waals surface area contributed by atoms with Crippen LogP contribution in [0.25, 0.3) is 0 Å². The molecule has 3 N–H and O–H groups in total. The number of fused-ring (bicyclic) bond motifs is 1. The van der Waals surface area contributed by atoms with Crippen LogP contribution < -0.4 is 5.73 Å². The Morgan fingerprint density at radius 3 is 2.76 bits per heavy atom. The Kier molecular flexibility index (Phi) is 2.11. The van der Waals surface area contributed by atoms with Crippen molar-refractivity contribution < 1.29 is 5.11 Å². The number of para-hydroxylation sites is 1. The minimum absolute atomic E-state index is 0.270. The van der Waals surface area contributed by atoms with Crippen molar-refractivity contribution in [1.29, 1.82) is 0 Å². The summed E-state index contributed by atoms with van der Waals surface area (Å²) in [6.07, 6.45) is 0.720. The fourth-order valence-corrected chi connectivity index (χ4v) is 2.09. The molecule has 3 heteroatoms. The molecule has 1 heterocycles. The molecule has 2 aromatic carbocycles. The van der Waals surface area contributed by atoms with Gasteiger partial charge in [0, 0.05) is 17.7 Å². The average Bonchev–Trinajstić information content (AvgIpc) is 2.72. The highest BCUT2D eigenvalue weighted by Crippen LogP contribution is 2.32. The maximum Gasteiger partial charge on any atom is 0.124 e. The lowest BCUT2D eigenvalue weighted by atomic mass is 10.0. The lowest BCUT2D eigenvalue weighted by molar-refractivity contribution is 0.474. The van der Waals surface area contributed by atoms with Crippen molar-refractivity contribution in [2.45, 2.75) is 6.42 Å². The van der Waals surface area contributed by atoms with Crippen LogP contribution in [0, 0.1) is 0 Å². The molecule has 0 bridgehead atoms. The largest absolute Gasteiger partial charge is 0.507 e. The molecular weight excluding hydrogens is 212 g/mol. The van der Waals surface area contributed by atoms with Crippen molar-refractivity contribution in [3.05, 3.63) is 53.6 Å². The first kappa shape index (κ1) is 9.90. The minimum Gasteiger partial charge on any atom is -0.507 e. The summed E-state index contributed by atoms with van der Waals surface area (Å²) in [7, 11) is 0. The van der Waals surface area contributed by atoms with Crippen molar-refractivity contribution in [3.63, 3.8) is 0 Å². The SMILES string of the molecule is Nc1ccc2c(c1)CC(c1ccccc1O)=N2. The van der Waals surface area contributed by atoms with Crippen LogP contribution in [0.1, 0.15) is 11.1 Å². The molecule has 0 unspecified atom stereocenters. The fraction of sp³-hybridized carbons (Fsp3) is 0.0714. The molecule has 0 atom stereocenters. The first-order valence-electron chi connectivity index (χ1n) is 5.48. The molecule has 1 aliphatic heterocycles. The van der Waals surface area contributed by atoms with Crippen LogP contribution in [-0.4, -0.2) is 10.8 Å². The van der Waals surface area contributed by atoms with E-state index in [0.717, 1.165) is 34.6 Å². The van der Waals surface area contributed by atoms with Crippen molar-refractivity contribution in [1.82, 2.24) is 0 Å². The van der Waals surface area contributed by atoms with Crippen molar-refractivity contribution >= 4 is 17.1 Å². The van der Waals surface area contributed by atoms with E-state index in [1.54, 1.807) is 12.1 Å². The third-order valence-electron chi connectivity index (χ3n) is 2.93. The topological polar surface area (TPSA) is 58.6 Å². The molecule has 0 saturated heterocycles. The van der Waals surface area contributed by atoms with Gasteiger partial charge in [-0.1, -0.05) is 12.1 Å². The Balaban J connectivity index is 2.03. The van der Waals surface area contributed by atoms with E-state index in [4.69, 9.17) is 5.73 Å². The van der Waals surface area contributed by atoms with Gasteiger partial charge in [0.1, 0.15) is 5.75 Å². The number of phenols is 1. The number of aliphatic imine (C=N–C) groups is 1. The lowest BCUT2D eigenvalue weighted by Crippen LogP contribution is -2.00. The third kappa shape index (κ3) is 1.65. The Hall–Kier alpha value is -2.29. The fourth-order valence-electron chi connectivity index (χ4n) is 2.09. The van der Waals surface area contributed by atoms with Crippen molar-refractivity contribution in [2.24, 2.45) is 4.99 Å². The summed E-state index contributed by atoms with van der Waals surface area (Å²) >= 11 is 0. The molecule has 0 spiro atoms. The monoisotopic (exact) mass is 224 g/mol. The van der Waals surface area contributed by atoms with Gasteiger partial charge in [0.05, 0.1) is 11.4 Å². The van der Waals surface area contributed by atoms with Gasteiger partial charge in [-0.25, -0.2) is 0 Å². The van der Waals surface area contributed by atoms with Gasteiger partial charge < -0.3 is 10.8 Å². The molecule has 84 valence electrons. The van der Waals surface area contributed by atoms with E-state index in [-0.39, 0.29) is 5.75 Å². The number of rotatable bonds is 1.